The second-order valence-electron chi connectivity index (χ2n) is 11.8. The number of aromatic nitrogens is 2. The number of anilines is 7. The van der Waals surface area contributed by atoms with Gasteiger partial charge in [0.05, 0.1) is 30.4 Å². The van der Waals surface area contributed by atoms with Crippen LogP contribution in [0.25, 0.3) is 0 Å². The first-order valence-corrected chi connectivity index (χ1v) is 17.1. The van der Waals surface area contributed by atoms with Crippen LogP contribution in [0.5, 0.6) is 5.75 Å². The number of hydrogen-bond acceptors (Lipinski definition) is 11. The average molecular weight is 622 g/mol. The van der Waals surface area contributed by atoms with Crippen molar-refractivity contribution in [2.24, 2.45) is 0 Å². The van der Waals surface area contributed by atoms with Gasteiger partial charge in [0.1, 0.15) is 17.4 Å². The molecule has 0 aliphatic carbocycles. The van der Waals surface area contributed by atoms with E-state index in [2.05, 4.69) is 54.8 Å². The van der Waals surface area contributed by atoms with E-state index in [1.807, 2.05) is 24.3 Å². The highest BCUT2D eigenvalue weighted by atomic mass is 32.2. The molecule has 4 heterocycles. The number of hydrogen-bond donors (Lipinski definition) is 3. The van der Waals surface area contributed by atoms with E-state index in [0.717, 1.165) is 56.2 Å². The Morgan fingerprint density at radius 1 is 0.886 bits per heavy atom. The molecular formula is C31H43N9O3S. The zero-order valence-corrected chi connectivity index (χ0v) is 26.8. The van der Waals surface area contributed by atoms with Gasteiger partial charge in [-0.15, -0.1) is 0 Å². The minimum Gasteiger partial charge on any atom is -0.494 e. The van der Waals surface area contributed by atoms with E-state index >= 15 is 0 Å². The van der Waals surface area contributed by atoms with E-state index in [1.54, 1.807) is 20.2 Å². The number of ether oxygens (including phenoxy) is 1. The van der Waals surface area contributed by atoms with Crippen LogP contribution in [0, 0.1) is 0 Å². The normalized spacial score (nSPS) is 18.3. The van der Waals surface area contributed by atoms with Crippen molar-refractivity contribution in [3.05, 3.63) is 48.0 Å². The summed E-state index contributed by atoms with van der Waals surface area (Å²) in [5.41, 5.74) is 4.22. The number of benzene rings is 2. The first kappa shape index (κ1) is 30.2. The van der Waals surface area contributed by atoms with Gasteiger partial charge in [0.15, 0.2) is 0 Å². The summed E-state index contributed by atoms with van der Waals surface area (Å²) in [5.74, 6) is 2.23. The summed E-state index contributed by atoms with van der Waals surface area (Å²) in [5, 5.41) is 9.76. The topological polar surface area (TPSA) is 118 Å². The van der Waals surface area contributed by atoms with Crippen LogP contribution in [-0.2, 0) is 16.4 Å². The number of para-hydroxylation sites is 1. The zero-order chi connectivity index (χ0) is 30.8. The number of piperazine rings is 1. The summed E-state index contributed by atoms with van der Waals surface area (Å²) >= 11 is 0. The lowest BCUT2D eigenvalue weighted by molar-refractivity contribution is 0.0982. The molecule has 0 bridgehead atoms. The van der Waals surface area contributed by atoms with Crippen molar-refractivity contribution in [1.29, 1.82) is 0 Å². The van der Waals surface area contributed by atoms with Crippen LogP contribution >= 0.6 is 0 Å². The van der Waals surface area contributed by atoms with E-state index in [4.69, 9.17) is 9.72 Å². The third-order valence-corrected chi connectivity index (χ3v) is 10.1. The van der Waals surface area contributed by atoms with Gasteiger partial charge in [0.2, 0.25) is 16.0 Å². The van der Waals surface area contributed by atoms with Gasteiger partial charge in [-0.25, -0.2) is 8.42 Å². The average Bonchev–Trinajstić information content (AvgIpc) is 3.48. The molecule has 0 unspecified atom stereocenters. The third kappa shape index (κ3) is 6.49. The third-order valence-electron chi connectivity index (χ3n) is 8.91. The number of nitrogens with zero attached hydrogens (tertiary/aromatic N) is 6. The number of fused-ring (bicyclic) bond motifs is 1. The molecule has 1 aromatic heterocycles. The second-order valence-corrected chi connectivity index (χ2v) is 13.7. The monoisotopic (exact) mass is 621 g/mol. The molecule has 12 nitrogen and oxygen atoms in total. The molecule has 0 atom stereocenters. The zero-order valence-electron chi connectivity index (χ0n) is 26.0. The Morgan fingerprint density at radius 2 is 1.64 bits per heavy atom. The molecule has 2 saturated heterocycles. The molecule has 0 spiro atoms. The SMILES string of the molecule is CNc1cc(Nc2cccc3c2N(S(C)(=O)=O)CC3)nc(Nc2ccc(N3CCC(N4CCN(C)CC4)CC3)cc2OC)n1. The highest BCUT2D eigenvalue weighted by Crippen LogP contribution is 2.39. The molecule has 3 aliphatic rings. The van der Waals surface area contributed by atoms with Gasteiger partial charge in [-0.2, -0.15) is 9.97 Å². The van der Waals surface area contributed by atoms with Crippen molar-refractivity contribution in [1.82, 2.24) is 19.8 Å². The van der Waals surface area contributed by atoms with Gasteiger partial charge in [-0.3, -0.25) is 9.21 Å². The van der Waals surface area contributed by atoms with E-state index in [1.165, 1.54) is 23.4 Å². The fourth-order valence-corrected chi connectivity index (χ4v) is 7.43. The Labute approximate surface area is 260 Å². The molecule has 0 amide bonds. The van der Waals surface area contributed by atoms with Crippen LogP contribution < -0.4 is 29.9 Å². The minimum absolute atomic E-state index is 0.380. The van der Waals surface area contributed by atoms with Gasteiger partial charge in [-0.1, -0.05) is 12.1 Å². The largest absolute Gasteiger partial charge is 0.494 e. The fraction of sp³-hybridized carbons (Fsp3) is 0.484. The van der Waals surface area contributed by atoms with Gasteiger partial charge in [0.25, 0.3) is 0 Å². The van der Waals surface area contributed by atoms with Gasteiger partial charge >= 0.3 is 0 Å². The Morgan fingerprint density at radius 3 is 2.34 bits per heavy atom. The maximum atomic E-state index is 12.5. The van der Waals surface area contributed by atoms with Gasteiger partial charge < -0.3 is 30.5 Å². The lowest BCUT2D eigenvalue weighted by Crippen LogP contribution is -2.52. The Hall–Kier alpha value is -3.81. The standard InChI is InChI=1S/C31H43N9O3S/c1-32-28-21-29(33-26-7-5-6-22-10-15-40(30(22)26)44(4,41)42)36-31(35-28)34-25-9-8-24(20-27(25)43-3)38-13-11-23(12-14-38)39-18-16-37(2)17-19-39/h5-9,20-21,23H,10-19H2,1-4H3,(H3,32,33,34,35,36). The summed E-state index contributed by atoms with van der Waals surface area (Å²) in [6.07, 6.45) is 4.23. The van der Waals surface area contributed by atoms with Crippen molar-refractivity contribution in [2.75, 3.05) is 98.4 Å². The number of sulfonamides is 1. The first-order chi connectivity index (χ1) is 21.2. The summed E-state index contributed by atoms with van der Waals surface area (Å²) in [6, 6.07) is 14.4. The first-order valence-electron chi connectivity index (χ1n) is 15.3. The lowest BCUT2D eigenvalue weighted by Gasteiger charge is -2.42. The summed E-state index contributed by atoms with van der Waals surface area (Å²) in [6.45, 7) is 7.10. The predicted octanol–water partition coefficient (Wildman–Crippen LogP) is 3.55. The molecule has 3 aliphatic heterocycles. The van der Waals surface area contributed by atoms with Crippen molar-refractivity contribution < 1.29 is 13.2 Å². The predicted molar refractivity (Wildman–Crippen MR) is 178 cm³/mol. The van der Waals surface area contributed by atoms with Crippen molar-refractivity contribution in [3.63, 3.8) is 0 Å². The summed E-state index contributed by atoms with van der Waals surface area (Å²) in [7, 11) is 2.27. The lowest BCUT2D eigenvalue weighted by atomic mass is 10.0. The van der Waals surface area contributed by atoms with Gasteiger partial charge in [0, 0.05) is 76.7 Å². The van der Waals surface area contributed by atoms with E-state index in [-0.39, 0.29) is 0 Å². The molecular weight excluding hydrogens is 578 g/mol. The van der Waals surface area contributed by atoms with E-state index in [9.17, 15) is 8.42 Å². The van der Waals surface area contributed by atoms with Crippen LogP contribution in [0.1, 0.15) is 18.4 Å². The minimum atomic E-state index is -3.41. The van der Waals surface area contributed by atoms with Crippen molar-refractivity contribution in [2.45, 2.75) is 25.3 Å². The smallest absolute Gasteiger partial charge is 0.232 e. The van der Waals surface area contributed by atoms with Crippen LogP contribution in [0.2, 0.25) is 0 Å². The van der Waals surface area contributed by atoms with Crippen molar-refractivity contribution >= 4 is 50.4 Å². The van der Waals surface area contributed by atoms with Gasteiger partial charge in [-0.05, 0) is 50.1 Å². The number of methoxy groups -OCH3 is 1. The number of rotatable bonds is 9. The Bertz CT molecular complexity index is 1590. The quantitative estimate of drug-likeness (QED) is 0.326. The molecule has 2 fully saturated rings. The molecule has 13 heteroatoms. The van der Waals surface area contributed by atoms with Crippen molar-refractivity contribution in [3.8, 4) is 5.75 Å². The highest BCUT2D eigenvalue weighted by molar-refractivity contribution is 7.92. The molecule has 236 valence electrons. The molecule has 44 heavy (non-hydrogen) atoms. The Kier molecular flexibility index (Phi) is 8.70. The molecule has 2 aromatic carbocycles. The molecule has 3 aromatic rings. The molecule has 6 rings (SSSR count). The summed E-state index contributed by atoms with van der Waals surface area (Å²) < 4.78 is 32.2. The second kappa shape index (κ2) is 12.7. The van der Waals surface area contributed by atoms with E-state index in [0.29, 0.717) is 53.7 Å². The number of piperidine rings is 1. The van der Waals surface area contributed by atoms with Crippen LogP contribution in [-0.4, -0.2) is 108 Å². The highest BCUT2D eigenvalue weighted by Gasteiger charge is 2.29. The molecule has 3 N–H and O–H groups in total. The van der Waals surface area contributed by atoms with Crippen LogP contribution in [0.4, 0.5) is 40.3 Å². The number of nitrogens with one attached hydrogen (secondary N) is 3. The van der Waals surface area contributed by atoms with Crippen LogP contribution in [0.3, 0.4) is 0 Å². The van der Waals surface area contributed by atoms with E-state index < -0.39 is 10.0 Å². The fourth-order valence-electron chi connectivity index (χ4n) is 6.46. The molecule has 0 saturated carbocycles. The Balaban J connectivity index is 1.17. The number of likely N-dealkylation sites (N-methyl/N-ethyl adjacent to an activating group) is 1. The maximum Gasteiger partial charge on any atom is 0.232 e. The summed E-state index contributed by atoms with van der Waals surface area (Å²) in [4.78, 5) is 16.8. The maximum absolute atomic E-state index is 12.5. The van der Waals surface area contributed by atoms with Crippen LogP contribution in [0.15, 0.2) is 42.5 Å². The molecule has 0 radical (unpaired) electrons.